The van der Waals surface area contributed by atoms with Gasteiger partial charge in [0.1, 0.15) is 11.5 Å². The van der Waals surface area contributed by atoms with Crippen molar-refractivity contribution >= 4 is 5.69 Å². The highest BCUT2D eigenvalue weighted by Gasteiger charge is 2.08. The fourth-order valence-electron chi connectivity index (χ4n) is 1.86. The smallest absolute Gasteiger partial charge is 0.135 e. The monoisotopic (exact) mass is 227 g/mol. The van der Waals surface area contributed by atoms with E-state index in [1.165, 1.54) is 0 Å². The Bertz CT molecular complexity index is 506. The van der Waals surface area contributed by atoms with E-state index >= 15 is 0 Å². The van der Waals surface area contributed by atoms with Crippen molar-refractivity contribution in [3.63, 3.8) is 0 Å². The van der Waals surface area contributed by atoms with Crippen LogP contribution in [0.15, 0.2) is 42.5 Å². The SMILES string of the molecule is CNc1ccc(C)c(Oc2ccccc2)c1C. The molecule has 0 atom stereocenters. The van der Waals surface area contributed by atoms with Gasteiger partial charge >= 0.3 is 0 Å². The molecule has 0 amide bonds. The zero-order valence-corrected chi connectivity index (χ0v) is 10.4. The molecule has 0 bridgehead atoms. The molecule has 0 aliphatic heterocycles. The lowest BCUT2D eigenvalue weighted by atomic mass is 10.1. The second-order valence-corrected chi connectivity index (χ2v) is 4.05. The van der Waals surface area contributed by atoms with Crippen molar-refractivity contribution in [3.8, 4) is 11.5 Å². The largest absolute Gasteiger partial charge is 0.457 e. The number of hydrogen-bond donors (Lipinski definition) is 1. The van der Waals surface area contributed by atoms with Gasteiger partial charge in [0, 0.05) is 18.3 Å². The van der Waals surface area contributed by atoms with Gasteiger partial charge in [-0.15, -0.1) is 0 Å². The molecule has 0 saturated heterocycles. The summed E-state index contributed by atoms with van der Waals surface area (Å²) in [7, 11) is 1.92. The Kier molecular flexibility index (Phi) is 3.33. The summed E-state index contributed by atoms with van der Waals surface area (Å²) < 4.78 is 5.94. The first-order valence-corrected chi connectivity index (χ1v) is 5.73. The number of anilines is 1. The molecule has 2 heteroatoms. The van der Waals surface area contributed by atoms with Gasteiger partial charge in [0.25, 0.3) is 0 Å². The molecular weight excluding hydrogens is 210 g/mol. The number of nitrogens with one attached hydrogen (secondary N) is 1. The maximum absolute atomic E-state index is 5.94. The van der Waals surface area contributed by atoms with Crippen LogP contribution >= 0.6 is 0 Å². The molecule has 1 N–H and O–H groups in total. The lowest BCUT2D eigenvalue weighted by Gasteiger charge is -2.14. The molecule has 2 rings (SSSR count). The molecule has 0 fully saturated rings. The topological polar surface area (TPSA) is 21.3 Å². The highest BCUT2D eigenvalue weighted by atomic mass is 16.5. The number of ether oxygens (including phenoxy) is 1. The van der Waals surface area contributed by atoms with E-state index in [1.54, 1.807) is 0 Å². The number of aryl methyl sites for hydroxylation is 1. The van der Waals surface area contributed by atoms with Gasteiger partial charge in [-0.3, -0.25) is 0 Å². The van der Waals surface area contributed by atoms with Crippen molar-refractivity contribution < 1.29 is 4.74 Å². The Labute approximate surface area is 102 Å². The van der Waals surface area contributed by atoms with Crippen LogP contribution in [0.1, 0.15) is 11.1 Å². The zero-order chi connectivity index (χ0) is 12.3. The normalized spacial score (nSPS) is 10.1. The van der Waals surface area contributed by atoms with Crippen molar-refractivity contribution in [1.29, 1.82) is 0 Å². The number of benzene rings is 2. The van der Waals surface area contributed by atoms with Gasteiger partial charge in [-0.1, -0.05) is 24.3 Å². The van der Waals surface area contributed by atoms with E-state index in [9.17, 15) is 0 Å². The minimum Gasteiger partial charge on any atom is -0.457 e. The van der Waals surface area contributed by atoms with Crippen LogP contribution in [0.2, 0.25) is 0 Å². The van der Waals surface area contributed by atoms with Crippen LogP contribution in [0.4, 0.5) is 5.69 Å². The zero-order valence-electron chi connectivity index (χ0n) is 10.4. The van der Waals surface area contributed by atoms with E-state index < -0.39 is 0 Å². The highest BCUT2D eigenvalue weighted by Crippen LogP contribution is 2.32. The maximum atomic E-state index is 5.94. The Hall–Kier alpha value is -1.96. The van der Waals surface area contributed by atoms with Crippen molar-refractivity contribution in [2.24, 2.45) is 0 Å². The van der Waals surface area contributed by atoms with Crippen LogP contribution in [-0.4, -0.2) is 7.05 Å². The van der Waals surface area contributed by atoms with Gasteiger partial charge in [-0.05, 0) is 37.6 Å². The molecule has 0 aromatic heterocycles. The minimum absolute atomic E-state index is 0.868. The third-order valence-electron chi connectivity index (χ3n) is 2.84. The molecule has 2 aromatic carbocycles. The van der Waals surface area contributed by atoms with Gasteiger partial charge in [-0.2, -0.15) is 0 Å². The van der Waals surface area contributed by atoms with E-state index in [0.29, 0.717) is 0 Å². The number of rotatable bonds is 3. The van der Waals surface area contributed by atoms with Crippen LogP contribution in [0, 0.1) is 13.8 Å². The molecular formula is C15H17NO. The average molecular weight is 227 g/mol. The second kappa shape index (κ2) is 4.91. The Balaban J connectivity index is 2.38. The number of hydrogen-bond acceptors (Lipinski definition) is 2. The summed E-state index contributed by atoms with van der Waals surface area (Å²) in [6, 6.07) is 14.0. The Morgan fingerprint density at radius 3 is 2.29 bits per heavy atom. The first kappa shape index (κ1) is 11.5. The highest BCUT2D eigenvalue weighted by molar-refractivity contribution is 5.60. The summed E-state index contributed by atoms with van der Waals surface area (Å²) in [5, 5.41) is 3.17. The van der Waals surface area contributed by atoms with Crippen LogP contribution in [0.3, 0.4) is 0 Å². The molecule has 17 heavy (non-hydrogen) atoms. The predicted octanol–water partition coefficient (Wildman–Crippen LogP) is 4.14. The third kappa shape index (κ3) is 2.41. The summed E-state index contributed by atoms with van der Waals surface area (Å²) in [5.41, 5.74) is 3.38. The molecule has 2 nitrogen and oxygen atoms in total. The standard InChI is InChI=1S/C15H17NO/c1-11-9-10-14(16-3)12(2)15(11)17-13-7-5-4-6-8-13/h4-10,16H,1-3H3. The van der Waals surface area contributed by atoms with Gasteiger partial charge in [0.2, 0.25) is 0 Å². The Morgan fingerprint density at radius 1 is 0.941 bits per heavy atom. The fraction of sp³-hybridized carbons (Fsp3) is 0.200. The van der Waals surface area contributed by atoms with Crippen LogP contribution < -0.4 is 10.1 Å². The Morgan fingerprint density at radius 2 is 1.65 bits per heavy atom. The molecule has 0 unspecified atom stereocenters. The molecule has 0 spiro atoms. The summed E-state index contributed by atoms with van der Waals surface area (Å²) >= 11 is 0. The molecule has 0 saturated carbocycles. The van der Waals surface area contributed by atoms with E-state index in [2.05, 4.69) is 31.3 Å². The maximum Gasteiger partial charge on any atom is 0.135 e. The average Bonchev–Trinajstić information content (AvgIpc) is 2.36. The van der Waals surface area contributed by atoms with Gasteiger partial charge in [0.15, 0.2) is 0 Å². The molecule has 88 valence electrons. The molecule has 2 aromatic rings. The van der Waals surface area contributed by atoms with E-state index in [1.807, 2.05) is 37.4 Å². The predicted molar refractivity (Wildman–Crippen MR) is 72.0 cm³/mol. The summed E-state index contributed by atoms with van der Waals surface area (Å²) in [4.78, 5) is 0. The van der Waals surface area contributed by atoms with Crippen molar-refractivity contribution in [2.75, 3.05) is 12.4 Å². The second-order valence-electron chi connectivity index (χ2n) is 4.05. The fourth-order valence-corrected chi connectivity index (χ4v) is 1.86. The molecule has 0 aliphatic carbocycles. The summed E-state index contributed by atoms with van der Waals surface area (Å²) in [6.45, 7) is 4.13. The van der Waals surface area contributed by atoms with Crippen molar-refractivity contribution in [1.82, 2.24) is 0 Å². The lowest BCUT2D eigenvalue weighted by molar-refractivity contribution is 0.475. The summed E-state index contributed by atoms with van der Waals surface area (Å²) in [6.07, 6.45) is 0. The quantitative estimate of drug-likeness (QED) is 0.851. The van der Waals surface area contributed by atoms with Crippen molar-refractivity contribution in [2.45, 2.75) is 13.8 Å². The van der Waals surface area contributed by atoms with Crippen LogP contribution in [0.25, 0.3) is 0 Å². The van der Waals surface area contributed by atoms with E-state index in [4.69, 9.17) is 4.74 Å². The lowest BCUT2D eigenvalue weighted by Crippen LogP contribution is -1.96. The van der Waals surface area contributed by atoms with Gasteiger partial charge in [0.05, 0.1) is 0 Å². The van der Waals surface area contributed by atoms with Crippen LogP contribution in [0.5, 0.6) is 11.5 Å². The van der Waals surface area contributed by atoms with Gasteiger partial charge < -0.3 is 10.1 Å². The van der Waals surface area contributed by atoms with E-state index in [-0.39, 0.29) is 0 Å². The first-order valence-electron chi connectivity index (χ1n) is 5.73. The van der Waals surface area contributed by atoms with Gasteiger partial charge in [-0.25, -0.2) is 0 Å². The molecule has 0 radical (unpaired) electrons. The third-order valence-corrected chi connectivity index (χ3v) is 2.84. The molecule has 0 heterocycles. The van der Waals surface area contributed by atoms with Crippen molar-refractivity contribution in [3.05, 3.63) is 53.6 Å². The van der Waals surface area contributed by atoms with Crippen LogP contribution in [-0.2, 0) is 0 Å². The summed E-state index contributed by atoms with van der Waals surface area (Å²) in [5.74, 6) is 1.80. The molecule has 0 aliphatic rings. The van der Waals surface area contributed by atoms with E-state index in [0.717, 1.165) is 28.3 Å². The first-order chi connectivity index (χ1) is 8.22. The number of para-hydroxylation sites is 1. The minimum atomic E-state index is 0.868.